The molecule has 0 N–H and O–H groups in total. The first-order valence-corrected chi connectivity index (χ1v) is 10.6. The van der Waals surface area contributed by atoms with Crippen LogP contribution in [0, 0.1) is 6.92 Å². The van der Waals surface area contributed by atoms with Gasteiger partial charge in [0.2, 0.25) is 5.91 Å². The average Bonchev–Trinajstić information content (AvgIpc) is 3.19. The van der Waals surface area contributed by atoms with Crippen molar-refractivity contribution < 1.29 is 9.53 Å². The molecule has 31 heavy (non-hydrogen) atoms. The highest BCUT2D eigenvalue weighted by atomic mass is 16.5. The fourth-order valence-electron chi connectivity index (χ4n) is 4.53. The van der Waals surface area contributed by atoms with Gasteiger partial charge in [-0.2, -0.15) is 0 Å². The average molecular weight is 412 g/mol. The molecule has 0 radical (unpaired) electrons. The third-order valence-electron chi connectivity index (χ3n) is 6.16. The number of rotatable bonds is 5. The van der Waals surface area contributed by atoms with Crippen molar-refractivity contribution in [2.75, 3.05) is 13.7 Å². The third-order valence-corrected chi connectivity index (χ3v) is 6.16. The molecular weight excluding hydrogens is 386 g/mol. The second kappa shape index (κ2) is 7.99. The van der Waals surface area contributed by atoms with Gasteiger partial charge in [-0.1, -0.05) is 24.3 Å². The van der Waals surface area contributed by atoms with E-state index in [1.165, 1.54) is 16.7 Å². The number of aliphatic imine (C=N–C) groups is 1. The van der Waals surface area contributed by atoms with Crippen LogP contribution in [0.25, 0.3) is 0 Å². The molecule has 0 unspecified atom stereocenters. The Labute approximate surface area is 182 Å². The highest BCUT2D eigenvalue weighted by Crippen LogP contribution is 2.30. The Bertz CT molecular complexity index is 1200. The molecule has 0 saturated heterocycles. The van der Waals surface area contributed by atoms with Crippen LogP contribution in [0.5, 0.6) is 5.75 Å². The summed E-state index contributed by atoms with van der Waals surface area (Å²) in [5.41, 5.74) is 8.99. The number of para-hydroxylation sites is 1. The van der Waals surface area contributed by atoms with Crippen molar-refractivity contribution in [2.24, 2.45) is 4.99 Å². The number of aryl methyl sites for hydroxylation is 1. The summed E-state index contributed by atoms with van der Waals surface area (Å²) in [5.74, 6) is 1.06. The topological polar surface area (TPSA) is 54.8 Å². The van der Waals surface area contributed by atoms with Gasteiger partial charge in [0, 0.05) is 36.1 Å². The number of carbonyl (C=O) groups excluding carboxylic acids is 1. The summed E-state index contributed by atoms with van der Waals surface area (Å²) in [6, 6.07) is 16.5. The molecule has 2 aliphatic heterocycles. The molecule has 3 aromatic rings. The van der Waals surface area contributed by atoms with Gasteiger partial charge in [-0.15, -0.1) is 0 Å². The van der Waals surface area contributed by atoms with E-state index in [9.17, 15) is 4.79 Å². The maximum Gasteiger partial charge on any atom is 0.227 e. The molecule has 0 bridgehead atoms. The molecule has 2 aliphatic rings. The summed E-state index contributed by atoms with van der Waals surface area (Å²) in [6.07, 6.45) is 3.07. The van der Waals surface area contributed by atoms with E-state index >= 15 is 0 Å². The van der Waals surface area contributed by atoms with Gasteiger partial charge in [0.25, 0.3) is 0 Å². The van der Waals surface area contributed by atoms with Crippen molar-refractivity contribution >= 4 is 11.6 Å². The van der Waals surface area contributed by atoms with E-state index in [0.29, 0.717) is 26.1 Å². The minimum absolute atomic E-state index is 0.186. The molecule has 5 nitrogen and oxygen atoms in total. The number of ether oxygens (including phenoxy) is 1. The van der Waals surface area contributed by atoms with E-state index in [4.69, 9.17) is 9.73 Å². The van der Waals surface area contributed by atoms with E-state index in [1.54, 1.807) is 7.11 Å². The molecule has 0 spiro atoms. The standard InChI is InChI=1S/C26H25N3O2/c1-17-11-19(7-9-27-17)26-23-13-22-16-29(10-8-18-5-3-4-6-24(18)31-2)25(30)14-20(22)12-21(23)15-28-26/h3-7,9,11-13H,8,10,14-16H2,1-2H3. The zero-order chi connectivity index (χ0) is 21.4. The van der Waals surface area contributed by atoms with Crippen LogP contribution in [0.15, 0.2) is 59.7 Å². The van der Waals surface area contributed by atoms with Gasteiger partial charge in [0.1, 0.15) is 5.75 Å². The lowest BCUT2D eigenvalue weighted by Gasteiger charge is -2.29. The van der Waals surface area contributed by atoms with Crippen LogP contribution in [-0.4, -0.2) is 35.2 Å². The smallest absolute Gasteiger partial charge is 0.227 e. The van der Waals surface area contributed by atoms with Crippen LogP contribution < -0.4 is 4.74 Å². The molecule has 1 aromatic heterocycles. The lowest BCUT2D eigenvalue weighted by atomic mass is 9.91. The molecule has 5 rings (SSSR count). The number of aromatic nitrogens is 1. The largest absolute Gasteiger partial charge is 0.496 e. The predicted molar refractivity (Wildman–Crippen MR) is 121 cm³/mol. The van der Waals surface area contributed by atoms with Gasteiger partial charge in [-0.05, 0) is 59.9 Å². The normalized spacial score (nSPS) is 14.8. The maximum atomic E-state index is 12.8. The molecular formula is C26H25N3O2. The Hall–Kier alpha value is -3.47. The summed E-state index contributed by atoms with van der Waals surface area (Å²) in [5, 5.41) is 0. The van der Waals surface area contributed by atoms with Crippen LogP contribution in [-0.2, 0) is 30.7 Å². The summed E-state index contributed by atoms with van der Waals surface area (Å²) >= 11 is 0. The fraction of sp³-hybridized carbons (Fsp3) is 0.269. The number of benzene rings is 2. The molecule has 0 saturated carbocycles. The zero-order valence-electron chi connectivity index (χ0n) is 17.9. The Morgan fingerprint density at radius 2 is 1.94 bits per heavy atom. The van der Waals surface area contributed by atoms with Crippen molar-refractivity contribution in [3.63, 3.8) is 0 Å². The van der Waals surface area contributed by atoms with Crippen LogP contribution in [0.3, 0.4) is 0 Å². The fourth-order valence-corrected chi connectivity index (χ4v) is 4.53. The first kappa shape index (κ1) is 19.5. The van der Waals surface area contributed by atoms with Gasteiger partial charge in [-0.25, -0.2) is 0 Å². The van der Waals surface area contributed by atoms with E-state index in [0.717, 1.165) is 40.3 Å². The van der Waals surface area contributed by atoms with Gasteiger partial charge in [-0.3, -0.25) is 14.8 Å². The number of amides is 1. The summed E-state index contributed by atoms with van der Waals surface area (Å²) < 4.78 is 5.46. The van der Waals surface area contributed by atoms with Crippen molar-refractivity contribution in [3.05, 3.63) is 93.8 Å². The molecule has 0 fully saturated rings. The van der Waals surface area contributed by atoms with Crippen molar-refractivity contribution in [1.29, 1.82) is 0 Å². The molecule has 3 heterocycles. The van der Waals surface area contributed by atoms with Crippen molar-refractivity contribution in [2.45, 2.75) is 32.9 Å². The lowest BCUT2D eigenvalue weighted by Crippen LogP contribution is -2.37. The van der Waals surface area contributed by atoms with E-state index in [1.807, 2.05) is 42.3 Å². The Morgan fingerprint density at radius 1 is 1.06 bits per heavy atom. The second-order valence-corrected chi connectivity index (χ2v) is 8.18. The first-order valence-electron chi connectivity index (χ1n) is 10.6. The quantitative estimate of drug-likeness (QED) is 0.640. The number of methoxy groups -OCH3 is 1. The minimum atomic E-state index is 0.186. The van der Waals surface area contributed by atoms with Crippen molar-refractivity contribution in [3.8, 4) is 5.75 Å². The molecule has 0 atom stereocenters. The number of nitrogens with zero attached hydrogens (tertiary/aromatic N) is 3. The molecule has 2 aromatic carbocycles. The Kier molecular flexibility index (Phi) is 5.02. The summed E-state index contributed by atoms with van der Waals surface area (Å²) in [6.45, 7) is 3.99. The predicted octanol–water partition coefficient (Wildman–Crippen LogP) is 3.88. The lowest BCUT2D eigenvalue weighted by molar-refractivity contribution is -0.131. The number of carbonyl (C=O) groups is 1. The van der Waals surface area contributed by atoms with Gasteiger partial charge in [0.15, 0.2) is 0 Å². The molecule has 5 heteroatoms. The maximum absolute atomic E-state index is 12.8. The number of hydrogen-bond acceptors (Lipinski definition) is 4. The van der Waals surface area contributed by atoms with Gasteiger partial charge < -0.3 is 9.64 Å². The molecule has 156 valence electrons. The van der Waals surface area contributed by atoms with Crippen LogP contribution in [0.2, 0.25) is 0 Å². The van der Waals surface area contributed by atoms with Gasteiger partial charge in [0.05, 0.1) is 25.8 Å². The zero-order valence-corrected chi connectivity index (χ0v) is 17.9. The number of hydrogen-bond donors (Lipinski definition) is 0. The van der Waals surface area contributed by atoms with E-state index in [-0.39, 0.29) is 5.91 Å². The molecule has 1 amide bonds. The Morgan fingerprint density at radius 3 is 2.77 bits per heavy atom. The van der Waals surface area contributed by atoms with E-state index in [2.05, 4.69) is 29.2 Å². The van der Waals surface area contributed by atoms with Gasteiger partial charge >= 0.3 is 0 Å². The van der Waals surface area contributed by atoms with E-state index < -0.39 is 0 Å². The first-order chi connectivity index (χ1) is 15.1. The second-order valence-electron chi connectivity index (χ2n) is 8.18. The van der Waals surface area contributed by atoms with Crippen LogP contribution >= 0.6 is 0 Å². The van der Waals surface area contributed by atoms with Crippen LogP contribution in [0.4, 0.5) is 0 Å². The third kappa shape index (κ3) is 3.72. The summed E-state index contributed by atoms with van der Waals surface area (Å²) in [7, 11) is 1.69. The Balaban J connectivity index is 1.38. The SMILES string of the molecule is COc1ccccc1CCN1Cc2cc3c(cc2CC1=O)CN=C3c1ccnc(C)c1. The van der Waals surface area contributed by atoms with Crippen molar-refractivity contribution in [1.82, 2.24) is 9.88 Å². The monoisotopic (exact) mass is 411 g/mol. The molecule has 0 aliphatic carbocycles. The highest BCUT2D eigenvalue weighted by Gasteiger charge is 2.27. The number of pyridine rings is 1. The van der Waals surface area contributed by atoms with Crippen LogP contribution in [0.1, 0.15) is 39.1 Å². The minimum Gasteiger partial charge on any atom is -0.496 e. The highest BCUT2D eigenvalue weighted by molar-refractivity contribution is 6.15. The number of fused-ring (bicyclic) bond motifs is 2. The summed E-state index contributed by atoms with van der Waals surface area (Å²) in [4.78, 5) is 23.9.